The van der Waals surface area contributed by atoms with Crippen molar-refractivity contribution in [1.29, 1.82) is 0 Å². The molecule has 1 aromatic carbocycles. The fourth-order valence-corrected chi connectivity index (χ4v) is 2.29. The lowest BCUT2D eigenvalue weighted by Crippen LogP contribution is -2.20. The van der Waals surface area contributed by atoms with Gasteiger partial charge in [-0.1, -0.05) is 12.1 Å². The van der Waals surface area contributed by atoms with Crippen molar-refractivity contribution in [3.63, 3.8) is 0 Å². The first-order valence-electron chi connectivity index (χ1n) is 6.79. The van der Waals surface area contributed by atoms with Gasteiger partial charge in [0.2, 0.25) is 0 Å². The quantitative estimate of drug-likeness (QED) is 0.723. The molecule has 0 amide bonds. The first kappa shape index (κ1) is 16.0. The lowest BCUT2D eigenvalue weighted by molar-refractivity contribution is 0.383. The molecule has 0 spiro atoms. The van der Waals surface area contributed by atoms with Gasteiger partial charge in [0, 0.05) is 24.2 Å². The molecule has 1 aromatic rings. The summed E-state index contributed by atoms with van der Waals surface area (Å²) in [4.78, 5) is 2.04. The van der Waals surface area contributed by atoms with Crippen molar-refractivity contribution in [2.24, 2.45) is 11.5 Å². The van der Waals surface area contributed by atoms with E-state index in [4.69, 9.17) is 11.5 Å². The van der Waals surface area contributed by atoms with Gasteiger partial charge < -0.3 is 21.5 Å². The van der Waals surface area contributed by atoms with Crippen LogP contribution in [0.15, 0.2) is 12.1 Å². The van der Waals surface area contributed by atoms with Crippen LogP contribution < -0.4 is 11.5 Å². The Labute approximate surface area is 116 Å². The van der Waals surface area contributed by atoms with E-state index in [9.17, 15) is 5.11 Å². The maximum absolute atomic E-state index is 10.3. The lowest BCUT2D eigenvalue weighted by Gasteiger charge is -2.18. The minimum absolute atomic E-state index is 0.0312. The molecular formula is C15H27N3O. The van der Waals surface area contributed by atoms with E-state index in [0.717, 1.165) is 17.5 Å². The van der Waals surface area contributed by atoms with Gasteiger partial charge in [0.25, 0.3) is 0 Å². The molecular weight excluding hydrogens is 238 g/mol. The summed E-state index contributed by atoms with van der Waals surface area (Å²) in [6.07, 6.45) is 1.49. The zero-order valence-corrected chi connectivity index (χ0v) is 12.5. The van der Waals surface area contributed by atoms with Crippen LogP contribution in [0.3, 0.4) is 0 Å². The monoisotopic (exact) mass is 265 g/mol. The average Bonchev–Trinajstić information content (AvgIpc) is 2.22. The number of nitrogens with two attached hydrogens (primary N) is 2. The number of rotatable bonds is 6. The molecule has 0 saturated heterocycles. The summed E-state index contributed by atoms with van der Waals surface area (Å²) in [5.74, 6) is 0.374. The molecule has 4 nitrogen and oxygen atoms in total. The van der Waals surface area contributed by atoms with Gasteiger partial charge in [-0.25, -0.2) is 0 Å². The first-order valence-corrected chi connectivity index (χ1v) is 6.79. The molecule has 0 aromatic heterocycles. The Morgan fingerprint density at radius 2 is 1.58 bits per heavy atom. The van der Waals surface area contributed by atoms with E-state index in [1.54, 1.807) is 0 Å². The topological polar surface area (TPSA) is 75.5 Å². The molecule has 0 radical (unpaired) electrons. The Hall–Kier alpha value is -1.10. The smallest absolute Gasteiger partial charge is 0.123 e. The van der Waals surface area contributed by atoms with Crippen LogP contribution in [0.25, 0.3) is 0 Å². The minimum Gasteiger partial charge on any atom is -0.507 e. The molecule has 4 heteroatoms. The molecule has 0 bridgehead atoms. The predicted molar refractivity (Wildman–Crippen MR) is 80.2 cm³/mol. The summed E-state index contributed by atoms with van der Waals surface area (Å²) in [5, 5.41) is 10.3. The summed E-state index contributed by atoms with van der Waals surface area (Å²) in [6.45, 7) is 4.65. The van der Waals surface area contributed by atoms with Crippen LogP contribution >= 0.6 is 0 Å². The fraction of sp³-hybridized carbons (Fsp3) is 0.600. The van der Waals surface area contributed by atoms with Crippen LogP contribution in [0.1, 0.15) is 30.5 Å². The first-order chi connectivity index (χ1) is 8.79. The Kier molecular flexibility index (Phi) is 5.79. The third-order valence-corrected chi connectivity index (χ3v) is 2.91. The highest BCUT2D eigenvalue weighted by Crippen LogP contribution is 2.27. The Balaban J connectivity index is 3.13. The van der Waals surface area contributed by atoms with Gasteiger partial charge in [0.15, 0.2) is 0 Å². The highest BCUT2D eigenvalue weighted by Gasteiger charge is 2.13. The van der Waals surface area contributed by atoms with Gasteiger partial charge in [-0.05, 0) is 51.9 Å². The maximum Gasteiger partial charge on any atom is 0.123 e. The molecule has 5 N–H and O–H groups in total. The minimum atomic E-state index is 0.0312. The van der Waals surface area contributed by atoms with E-state index in [0.29, 0.717) is 18.7 Å². The Morgan fingerprint density at radius 3 is 2.05 bits per heavy atom. The normalized spacial score (nSPS) is 14.7. The van der Waals surface area contributed by atoms with Gasteiger partial charge in [0.05, 0.1) is 0 Å². The van der Waals surface area contributed by atoms with Gasteiger partial charge in [-0.3, -0.25) is 0 Å². The molecule has 19 heavy (non-hydrogen) atoms. The molecule has 2 unspecified atom stereocenters. The molecule has 0 aliphatic carbocycles. The van der Waals surface area contributed by atoms with Crippen molar-refractivity contribution in [3.05, 3.63) is 28.8 Å². The van der Waals surface area contributed by atoms with E-state index in [-0.39, 0.29) is 12.1 Å². The number of hydrogen-bond donors (Lipinski definition) is 3. The van der Waals surface area contributed by atoms with Crippen LogP contribution in [-0.2, 0) is 19.4 Å². The van der Waals surface area contributed by atoms with Crippen molar-refractivity contribution >= 4 is 0 Å². The second kappa shape index (κ2) is 6.89. The largest absolute Gasteiger partial charge is 0.507 e. The van der Waals surface area contributed by atoms with Crippen molar-refractivity contribution in [3.8, 4) is 5.75 Å². The fourth-order valence-electron chi connectivity index (χ4n) is 2.29. The SMILES string of the molecule is CC(N)Cc1cc(CC(C)N)c(O)c(CN(C)C)c1. The van der Waals surface area contributed by atoms with E-state index in [1.807, 2.05) is 45.0 Å². The maximum atomic E-state index is 10.3. The standard InChI is InChI=1S/C15H27N3O/c1-10(16)5-12-7-13(6-11(2)17)15(19)14(8-12)9-18(3)4/h7-8,10-11,19H,5-6,9,16-17H2,1-4H3. The molecule has 0 fully saturated rings. The van der Waals surface area contributed by atoms with Crippen LogP contribution in [0.2, 0.25) is 0 Å². The molecule has 0 saturated carbocycles. The lowest BCUT2D eigenvalue weighted by atomic mass is 9.96. The number of hydrogen-bond acceptors (Lipinski definition) is 4. The van der Waals surface area contributed by atoms with Crippen LogP contribution in [-0.4, -0.2) is 36.2 Å². The van der Waals surface area contributed by atoms with Crippen molar-refractivity contribution in [2.45, 2.75) is 45.3 Å². The zero-order valence-electron chi connectivity index (χ0n) is 12.5. The third kappa shape index (κ3) is 5.19. The number of phenolic OH excluding ortho intramolecular Hbond substituents is 1. The molecule has 2 atom stereocenters. The van der Waals surface area contributed by atoms with Gasteiger partial charge >= 0.3 is 0 Å². The van der Waals surface area contributed by atoms with Crippen LogP contribution in [0.5, 0.6) is 5.75 Å². The second-order valence-corrected chi connectivity index (χ2v) is 5.86. The second-order valence-electron chi connectivity index (χ2n) is 5.86. The van der Waals surface area contributed by atoms with E-state index in [2.05, 4.69) is 0 Å². The van der Waals surface area contributed by atoms with E-state index >= 15 is 0 Å². The summed E-state index contributed by atoms with van der Waals surface area (Å²) in [5.41, 5.74) is 14.7. The number of nitrogens with zero attached hydrogens (tertiary/aromatic N) is 1. The third-order valence-electron chi connectivity index (χ3n) is 2.91. The highest BCUT2D eigenvalue weighted by molar-refractivity contribution is 5.44. The van der Waals surface area contributed by atoms with Gasteiger partial charge in [-0.15, -0.1) is 0 Å². The highest BCUT2D eigenvalue weighted by atomic mass is 16.3. The van der Waals surface area contributed by atoms with Crippen LogP contribution in [0.4, 0.5) is 0 Å². The van der Waals surface area contributed by atoms with Crippen molar-refractivity contribution in [1.82, 2.24) is 4.90 Å². The molecule has 0 aliphatic rings. The Morgan fingerprint density at radius 1 is 1.05 bits per heavy atom. The molecule has 108 valence electrons. The number of phenols is 1. The van der Waals surface area contributed by atoms with E-state index < -0.39 is 0 Å². The Bertz CT molecular complexity index is 383. The average molecular weight is 265 g/mol. The molecule has 0 heterocycles. The molecule has 0 aliphatic heterocycles. The number of benzene rings is 1. The van der Waals surface area contributed by atoms with E-state index in [1.165, 1.54) is 5.56 Å². The summed E-state index contributed by atoms with van der Waals surface area (Å²) in [6, 6.07) is 4.22. The summed E-state index contributed by atoms with van der Waals surface area (Å²) in [7, 11) is 3.98. The van der Waals surface area contributed by atoms with Gasteiger partial charge in [0.1, 0.15) is 5.75 Å². The van der Waals surface area contributed by atoms with Crippen LogP contribution in [0, 0.1) is 0 Å². The van der Waals surface area contributed by atoms with Crippen molar-refractivity contribution < 1.29 is 5.11 Å². The number of aromatic hydroxyl groups is 1. The zero-order chi connectivity index (χ0) is 14.6. The predicted octanol–water partition coefficient (Wildman–Crippen LogP) is 1.23. The summed E-state index contributed by atoms with van der Waals surface area (Å²) >= 11 is 0. The summed E-state index contributed by atoms with van der Waals surface area (Å²) < 4.78 is 0. The van der Waals surface area contributed by atoms with Gasteiger partial charge in [-0.2, -0.15) is 0 Å². The van der Waals surface area contributed by atoms with Crippen molar-refractivity contribution in [2.75, 3.05) is 14.1 Å². The molecule has 1 rings (SSSR count).